The Morgan fingerprint density at radius 3 is 2.58 bits per heavy atom. The molecular formula is C31H39N5O4. The van der Waals surface area contributed by atoms with Crippen molar-refractivity contribution in [3.8, 4) is 0 Å². The number of nitrogens with one attached hydrogen (secondary N) is 1. The van der Waals surface area contributed by atoms with Gasteiger partial charge in [-0.15, -0.1) is 0 Å². The van der Waals surface area contributed by atoms with Crippen molar-refractivity contribution in [2.24, 2.45) is 5.92 Å². The molecule has 0 radical (unpaired) electrons. The zero-order chi connectivity index (χ0) is 28.4. The molecule has 3 aromatic rings. The van der Waals surface area contributed by atoms with Gasteiger partial charge in [-0.2, -0.15) is 9.61 Å². The molecule has 1 aromatic carbocycles. The molecule has 1 atom stereocenters. The molecule has 1 fully saturated rings. The number of hydrogen-bond donors (Lipinski definition) is 2. The van der Waals surface area contributed by atoms with Crippen LogP contribution in [0, 0.1) is 12.8 Å². The highest BCUT2D eigenvalue weighted by Gasteiger charge is 2.35. The highest BCUT2D eigenvalue weighted by Crippen LogP contribution is 2.37. The number of aliphatic carboxylic acids is 1. The van der Waals surface area contributed by atoms with Gasteiger partial charge >= 0.3 is 5.97 Å². The summed E-state index contributed by atoms with van der Waals surface area (Å²) >= 11 is 0. The van der Waals surface area contributed by atoms with E-state index in [9.17, 15) is 14.7 Å². The molecule has 6 rings (SSSR count). The fourth-order valence-corrected chi connectivity index (χ4v) is 5.69. The minimum atomic E-state index is -1.23. The SMILES string of the molecule is Cc1nc2cc3nn2c(c1[C@H](OC(C)(C)C)C(=O)O)N1CCC(C/C=C/CCc2ccccc2CNC3=O)CC1. The molecule has 4 bridgehead atoms. The lowest BCUT2D eigenvalue weighted by molar-refractivity contribution is -0.160. The van der Waals surface area contributed by atoms with Gasteiger partial charge in [-0.3, -0.25) is 4.79 Å². The third kappa shape index (κ3) is 6.04. The first-order chi connectivity index (χ1) is 19.1. The lowest BCUT2D eigenvalue weighted by Gasteiger charge is -2.36. The number of allylic oxidation sites excluding steroid dienone is 2. The normalized spacial score (nSPS) is 18.7. The first kappa shape index (κ1) is 27.8. The van der Waals surface area contributed by atoms with Crippen LogP contribution in [0.3, 0.4) is 0 Å². The van der Waals surface area contributed by atoms with Crippen molar-refractivity contribution in [3.05, 3.63) is 70.6 Å². The van der Waals surface area contributed by atoms with E-state index in [1.54, 1.807) is 17.5 Å². The van der Waals surface area contributed by atoms with Crippen LogP contribution in [0.25, 0.3) is 5.65 Å². The molecule has 1 amide bonds. The van der Waals surface area contributed by atoms with E-state index >= 15 is 0 Å². The van der Waals surface area contributed by atoms with E-state index in [0.717, 1.165) is 50.8 Å². The number of hydrogen-bond acceptors (Lipinski definition) is 6. The van der Waals surface area contributed by atoms with E-state index in [4.69, 9.17) is 9.72 Å². The van der Waals surface area contributed by atoms with Crippen LogP contribution >= 0.6 is 0 Å². The summed E-state index contributed by atoms with van der Waals surface area (Å²) in [6, 6.07) is 9.86. The maximum Gasteiger partial charge on any atom is 0.337 e. The van der Waals surface area contributed by atoms with Gasteiger partial charge in [0.25, 0.3) is 5.91 Å². The van der Waals surface area contributed by atoms with Crippen LogP contribution in [0.15, 0.2) is 42.5 Å². The Hall–Kier alpha value is -3.72. The molecule has 0 spiro atoms. The standard InChI is InChI=1S/C31H39N5O4/c1-20-26(27(30(38)39)40-31(2,3)4)29-35-16-14-21(15-17-35)10-6-5-7-11-22-12-8-9-13-23(22)19-32-28(37)24-18-25(33-20)36(29)34-24/h5-6,8-9,12-13,18,21,27H,7,10-11,14-17,19H2,1-4H3,(H,32,37)(H,38,39)/b6-5+/t27-/m0/s1. The third-order valence-electron chi connectivity index (χ3n) is 7.68. The Kier molecular flexibility index (Phi) is 7.94. The van der Waals surface area contributed by atoms with Gasteiger partial charge < -0.3 is 20.1 Å². The Balaban J connectivity index is 1.62. The number of nitrogens with zero attached hydrogens (tertiary/aromatic N) is 4. The number of carbonyl (C=O) groups excluding carboxylic acids is 1. The molecule has 3 aliphatic rings. The minimum absolute atomic E-state index is 0.241. The van der Waals surface area contributed by atoms with Gasteiger partial charge in [0.05, 0.1) is 11.2 Å². The Bertz CT molecular complexity index is 1430. The van der Waals surface area contributed by atoms with Gasteiger partial charge in [0, 0.05) is 31.4 Å². The van der Waals surface area contributed by atoms with E-state index in [-0.39, 0.29) is 11.6 Å². The first-order valence-electron chi connectivity index (χ1n) is 14.2. The molecule has 3 aliphatic heterocycles. The highest BCUT2D eigenvalue weighted by molar-refractivity contribution is 5.93. The molecule has 2 N–H and O–H groups in total. The van der Waals surface area contributed by atoms with Crippen molar-refractivity contribution in [2.45, 2.75) is 78.0 Å². The molecule has 212 valence electrons. The summed E-state index contributed by atoms with van der Waals surface area (Å²) in [6.07, 6.45) is 8.18. The van der Waals surface area contributed by atoms with Crippen molar-refractivity contribution in [1.82, 2.24) is 19.9 Å². The highest BCUT2D eigenvalue weighted by atomic mass is 16.5. The number of carboxylic acids is 1. The van der Waals surface area contributed by atoms with Crippen molar-refractivity contribution >= 4 is 23.3 Å². The van der Waals surface area contributed by atoms with Gasteiger partial charge in [0.15, 0.2) is 17.4 Å². The number of amides is 1. The maximum absolute atomic E-state index is 13.3. The van der Waals surface area contributed by atoms with Crippen LogP contribution in [0.2, 0.25) is 0 Å². The Morgan fingerprint density at radius 2 is 1.88 bits per heavy atom. The second-order valence-electron chi connectivity index (χ2n) is 11.8. The monoisotopic (exact) mass is 545 g/mol. The van der Waals surface area contributed by atoms with Gasteiger partial charge in [0.2, 0.25) is 0 Å². The third-order valence-corrected chi connectivity index (χ3v) is 7.68. The van der Waals surface area contributed by atoms with Crippen LogP contribution in [0.1, 0.15) is 85.4 Å². The predicted molar refractivity (Wildman–Crippen MR) is 154 cm³/mol. The smallest absolute Gasteiger partial charge is 0.337 e. The lowest BCUT2D eigenvalue weighted by Crippen LogP contribution is -2.37. The number of carbonyl (C=O) groups is 2. The Labute approximate surface area is 235 Å². The van der Waals surface area contributed by atoms with Crippen molar-refractivity contribution in [1.29, 1.82) is 0 Å². The lowest BCUT2D eigenvalue weighted by atomic mass is 9.92. The number of aryl methyl sites for hydroxylation is 2. The van der Waals surface area contributed by atoms with E-state index in [1.165, 1.54) is 5.56 Å². The molecule has 9 nitrogen and oxygen atoms in total. The summed E-state index contributed by atoms with van der Waals surface area (Å²) in [5.74, 6) is -0.191. The summed E-state index contributed by atoms with van der Waals surface area (Å²) in [5, 5.41) is 18.0. The topological polar surface area (TPSA) is 109 Å². The zero-order valence-electron chi connectivity index (χ0n) is 23.8. The van der Waals surface area contributed by atoms with Crippen LogP contribution in [0.4, 0.5) is 5.82 Å². The number of carboxylic acid groups (broad SMARTS) is 1. The van der Waals surface area contributed by atoms with E-state index in [0.29, 0.717) is 35.2 Å². The molecule has 0 aliphatic carbocycles. The number of fused-ring (bicyclic) bond motifs is 7. The van der Waals surface area contributed by atoms with Gasteiger partial charge in [-0.1, -0.05) is 36.4 Å². The molecule has 40 heavy (non-hydrogen) atoms. The molecule has 0 unspecified atom stereocenters. The summed E-state index contributed by atoms with van der Waals surface area (Å²) < 4.78 is 7.72. The summed E-state index contributed by atoms with van der Waals surface area (Å²) in [6.45, 7) is 9.22. The molecule has 5 heterocycles. The van der Waals surface area contributed by atoms with Gasteiger partial charge in [0.1, 0.15) is 5.82 Å². The fourth-order valence-electron chi connectivity index (χ4n) is 5.69. The van der Waals surface area contributed by atoms with Gasteiger partial charge in [-0.05, 0) is 76.8 Å². The van der Waals surface area contributed by atoms with Crippen molar-refractivity contribution < 1.29 is 19.4 Å². The molecule has 9 heteroatoms. The van der Waals surface area contributed by atoms with E-state index in [2.05, 4.69) is 33.5 Å². The average Bonchev–Trinajstić information content (AvgIpc) is 3.33. The summed E-state index contributed by atoms with van der Waals surface area (Å²) in [5.41, 5.74) is 3.38. The number of rotatable bonds is 3. The predicted octanol–water partition coefficient (Wildman–Crippen LogP) is 5.02. The van der Waals surface area contributed by atoms with Crippen molar-refractivity contribution in [2.75, 3.05) is 18.0 Å². The average molecular weight is 546 g/mol. The van der Waals surface area contributed by atoms with Crippen molar-refractivity contribution in [3.63, 3.8) is 0 Å². The summed E-state index contributed by atoms with van der Waals surface area (Å²) in [4.78, 5) is 32.8. The van der Waals surface area contributed by atoms with Gasteiger partial charge in [-0.25, -0.2) is 9.78 Å². The van der Waals surface area contributed by atoms with Crippen LogP contribution < -0.4 is 10.2 Å². The number of aromatic nitrogens is 3. The van der Waals surface area contributed by atoms with E-state index < -0.39 is 17.7 Å². The molecule has 2 aromatic heterocycles. The Morgan fingerprint density at radius 1 is 1.15 bits per heavy atom. The largest absolute Gasteiger partial charge is 0.479 e. The second kappa shape index (κ2) is 11.4. The number of anilines is 1. The molecule has 1 saturated heterocycles. The number of piperidine rings is 1. The quantitative estimate of drug-likeness (QED) is 0.445. The first-order valence-corrected chi connectivity index (χ1v) is 14.2. The van der Waals surface area contributed by atoms with Crippen LogP contribution in [-0.2, 0) is 22.5 Å². The summed E-state index contributed by atoms with van der Waals surface area (Å²) in [7, 11) is 0. The molecular weight excluding hydrogens is 506 g/mol. The van der Waals surface area contributed by atoms with E-state index in [1.807, 2.05) is 39.0 Å². The number of ether oxygens (including phenoxy) is 1. The maximum atomic E-state index is 13.3. The number of benzene rings is 1. The second-order valence-corrected chi connectivity index (χ2v) is 11.8. The zero-order valence-corrected chi connectivity index (χ0v) is 23.8. The molecule has 0 saturated carbocycles. The van der Waals surface area contributed by atoms with Crippen LogP contribution in [-0.4, -0.2) is 50.3 Å². The van der Waals surface area contributed by atoms with Crippen LogP contribution in [0.5, 0.6) is 0 Å². The minimum Gasteiger partial charge on any atom is -0.479 e. The fraction of sp³-hybridized carbons (Fsp3) is 0.484.